The monoisotopic (exact) mass is 214 g/mol. The molecule has 0 saturated carbocycles. The normalized spacial score (nSPS) is 13.4. The Bertz CT molecular complexity index is 261. The summed E-state index contributed by atoms with van der Waals surface area (Å²) >= 11 is 0. The summed E-state index contributed by atoms with van der Waals surface area (Å²) in [6, 6.07) is -0.321. The van der Waals surface area contributed by atoms with Crippen LogP contribution in [-0.2, 0) is 9.59 Å². The third-order valence-corrected chi connectivity index (χ3v) is 2.07. The fourth-order valence-electron chi connectivity index (χ4n) is 1.05. The molecule has 0 rings (SSSR count). The molecule has 5 nitrogen and oxygen atoms in total. The van der Waals surface area contributed by atoms with E-state index in [4.69, 9.17) is 5.11 Å². The van der Waals surface area contributed by atoms with Crippen molar-refractivity contribution in [3.63, 3.8) is 0 Å². The van der Waals surface area contributed by atoms with Crippen molar-refractivity contribution in [1.29, 1.82) is 0 Å². The number of rotatable bonds is 6. The fourth-order valence-corrected chi connectivity index (χ4v) is 1.05. The lowest BCUT2D eigenvalue weighted by atomic mass is 10.2. The summed E-state index contributed by atoms with van der Waals surface area (Å²) in [4.78, 5) is 21.7. The minimum absolute atomic E-state index is 0.114. The number of amides is 1. The summed E-state index contributed by atoms with van der Waals surface area (Å²) in [5.74, 6) is -1.02. The maximum absolute atomic E-state index is 11.1. The highest BCUT2D eigenvalue weighted by Crippen LogP contribution is 1.99. The van der Waals surface area contributed by atoms with Crippen LogP contribution in [0, 0.1) is 0 Å². The lowest BCUT2D eigenvalue weighted by molar-refractivity contribution is -0.132. The molecule has 0 fully saturated rings. The number of likely N-dealkylation sites (N-methyl/N-ethyl adjacent to an activating group) is 1. The van der Waals surface area contributed by atoms with Crippen LogP contribution in [0.5, 0.6) is 0 Å². The molecule has 1 atom stereocenters. The molecule has 0 heterocycles. The van der Waals surface area contributed by atoms with E-state index in [0.29, 0.717) is 18.5 Å². The zero-order valence-corrected chi connectivity index (χ0v) is 9.33. The first-order chi connectivity index (χ1) is 7.02. The number of hydrogen-bond acceptors (Lipinski definition) is 3. The third-order valence-electron chi connectivity index (χ3n) is 2.07. The molecule has 0 spiro atoms. The van der Waals surface area contributed by atoms with Gasteiger partial charge >= 0.3 is 5.97 Å². The number of aliphatic carboxylic acids is 1. The molecule has 0 bridgehead atoms. The molecule has 1 amide bonds. The van der Waals surface area contributed by atoms with E-state index >= 15 is 0 Å². The second-order valence-corrected chi connectivity index (χ2v) is 3.13. The number of nitrogens with one attached hydrogen (secondary N) is 2. The predicted octanol–water partition coefficient (Wildman–Crippen LogP) is 0.132. The lowest BCUT2D eigenvalue weighted by Crippen LogP contribution is -2.40. The van der Waals surface area contributed by atoms with E-state index < -0.39 is 5.97 Å². The van der Waals surface area contributed by atoms with Crippen LogP contribution < -0.4 is 10.6 Å². The van der Waals surface area contributed by atoms with Crippen LogP contribution in [0.1, 0.15) is 20.3 Å². The summed E-state index contributed by atoms with van der Waals surface area (Å²) in [7, 11) is 1.56. The van der Waals surface area contributed by atoms with Gasteiger partial charge in [0.2, 0.25) is 5.91 Å². The van der Waals surface area contributed by atoms with Gasteiger partial charge in [0.25, 0.3) is 0 Å². The van der Waals surface area contributed by atoms with Gasteiger partial charge in [-0.1, -0.05) is 13.0 Å². The summed E-state index contributed by atoms with van der Waals surface area (Å²) < 4.78 is 0. The van der Waals surface area contributed by atoms with E-state index in [1.165, 1.54) is 0 Å². The van der Waals surface area contributed by atoms with Crippen molar-refractivity contribution < 1.29 is 14.7 Å². The first-order valence-electron chi connectivity index (χ1n) is 4.90. The molecule has 1 unspecified atom stereocenters. The van der Waals surface area contributed by atoms with Crippen molar-refractivity contribution in [3.05, 3.63) is 11.6 Å². The van der Waals surface area contributed by atoms with Crippen LogP contribution in [0.15, 0.2) is 11.6 Å². The molecule has 0 aromatic carbocycles. The molecule has 5 heteroatoms. The summed E-state index contributed by atoms with van der Waals surface area (Å²) in [6.07, 6.45) is 2.06. The van der Waals surface area contributed by atoms with Gasteiger partial charge in [0.05, 0.1) is 6.04 Å². The molecule has 0 aromatic heterocycles. The first-order valence-corrected chi connectivity index (χ1v) is 4.90. The fraction of sp³-hybridized carbons (Fsp3) is 0.600. The molecule has 0 saturated heterocycles. The summed E-state index contributed by atoms with van der Waals surface area (Å²) in [6.45, 7) is 3.88. The molecule has 0 aliphatic heterocycles. The molecular formula is C10H18N2O3. The Balaban J connectivity index is 4.06. The van der Waals surface area contributed by atoms with E-state index in [1.807, 2.05) is 0 Å². The van der Waals surface area contributed by atoms with Crippen LogP contribution in [0.4, 0.5) is 0 Å². The zero-order chi connectivity index (χ0) is 11.8. The van der Waals surface area contributed by atoms with Gasteiger partial charge in [0, 0.05) is 19.2 Å². The van der Waals surface area contributed by atoms with Crippen molar-refractivity contribution in [2.75, 3.05) is 13.6 Å². The molecule has 0 aromatic rings. The number of carboxylic acid groups (broad SMARTS) is 1. The molecule has 0 aliphatic carbocycles. The Kier molecular flexibility index (Phi) is 6.37. The van der Waals surface area contributed by atoms with E-state index in [-0.39, 0.29) is 11.9 Å². The van der Waals surface area contributed by atoms with Gasteiger partial charge in [0.1, 0.15) is 0 Å². The Hall–Kier alpha value is -1.36. The van der Waals surface area contributed by atoms with Crippen LogP contribution in [0.25, 0.3) is 0 Å². The van der Waals surface area contributed by atoms with E-state index in [2.05, 4.69) is 10.6 Å². The Morgan fingerprint density at radius 3 is 2.47 bits per heavy atom. The van der Waals surface area contributed by atoms with Crippen molar-refractivity contribution in [2.45, 2.75) is 26.3 Å². The third kappa shape index (κ3) is 5.17. The van der Waals surface area contributed by atoms with E-state index in [9.17, 15) is 9.59 Å². The zero-order valence-electron chi connectivity index (χ0n) is 9.33. The Morgan fingerprint density at radius 2 is 2.07 bits per heavy atom. The SMILES string of the molecule is CCC(=CCNC(C)C(=O)NC)C(=O)O. The second-order valence-electron chi connectivity index (χ2n) is 3.13. The molecule has 3 N–H and O–H groups in total. The number of carboxylic acids is 1. The molecular weight excluding hydrogens is 196 g/mol. The van der Waals surface area contributed by atoms with Crippen LogP contribution in [0.2, 0.25) is 0 Å². The largest absolute Gasteiger partial charge is 0.478 e. The van der Waals surface area contributed by atoms with Gasteiger partial charge in [-0.05, 0) is 13.3 Å². The highest BCUT2D eigenvalue weighted by Gasteiger charge is 2.09. The Labute approximate surface area is 89.6 Å². The number of hydrogen-bond donors (Lipinski definition) is 3. The standard InChI is InChI=1S/C10H18N2O3/c1-4-8(10(14)15)5-6-12-7(2)9(13)11-3/h5,7,12H,4,6H2,1-3H3,(H,11,13)(H,14,15). The van der Waals surface area contributed by atoms with Gasteiger partial charge in [-0.2, -0.15) is 0 Å². The van der Waals surface area contributed by atoms with Crippen molar-refractivity contribution in [2.24, 2.45) is 0 Å². The maximum atomic E-state index is 11.1. The van der Waals surface area contributed by atoms with E-state index in [0.717, 1.165) is 0 Å². The minimum atomic E-state index is -0.910. The van der Waals surface area contributed by atoms with Crippen molar-refractivity contribution in [1.82, 2.24) is 10.6 Å². The van der Waals surface area contributed by atoms with Crippen molar-refractivity contribution in [3.8, 4) is 0 Å². The molecule has 15 heavy (non-hydrogen) atoms. The molecule has 0 aliphatic rings. The first kappa shape index (κ1) is 13.6. The van der Waals surface area contributed by atoms with E-state index in [1.54, 1.807) is 27.0 Å². The Morgan fingerprint density at radius 1 is 1.47 bits per heavy atom. The minimum Gasteiger partial charge on any atom is -0.478 e. The lowest BCUT2D eigenvalue weighted by Gasteiger charge is -2.10. The predicted molar refractivity (Wildman–Crippen MR) is 57.5 cm³/mol. The topological polar surface area (TPSA) is 78.4 Å². The summed E-state index contributed by atoms with van der Waals surface area (Å²) in [5.41, 5.74) is 0.353. The molecule has 86 valence electrons. The molecule has 0 radical (unpaired) electrons. The van der Waals surface area contributed by atoms with Gasteiger partial charge in [0.15, 0.2) is 0 Å². The van der Waals surface area contributed by atoms with Crippen LogP contribution >= 0.6 is 0 Å². The average Bonchev–Trinajstić information content (AvgIpc) is 2.22. The highest BCUT2D eigenvalue weighted by molar-refractivity contribution is 5.86. The van der Waals surface area contributed by atoms with Gasteiger partial charge in [-0.25, -0.2) is 4.79 Å². The second kappa shape index (κ2) is 7.00. The smallest absolute Gasteiger partial charge is 0.331 e. The number of carbonyl (C=O) groups is 2. The van der Waals surface area contributed by atoms with Gasteiger partial charge in [-0.15, -0.1) is 0 Å². The van der Waals surface area contributed by atoms with Crippen LogP contribution in [0.3, 0.4) is 0 Å². The average molecular weight is 214 g/mol. The van der Waals surface area contributed by atoms with Gasteiger partial charge in [-0.3, -0.25) is 4.79 Å². The maximum Gasteiger partial charge on any atom is 0.331 e. The van der Waals surface area contributed by atoms with Gasteiger partial charge < -0.3 is 15.7 Å². The van der Waals surface area contributed by atoms with Crippen molar-refractivity contribution >= 4 is 11.9 Å². The highest BCUT2D eigenvalue weighted by atomic mass is 16.4. The summed E-state index contributed by atoms with van der Waals surface area (Å²) in [5, 5.41) is 14.1. The number of carbonyl (C=O) groups excluding carboxylic acids is 1. The van der Waals surface area contributed by atoms with Crippen LogP contribution in [-0.4, -0.2) is 36.6 Å². The quantitative estimate of drug-likeness (QED) is 0.549.